The van der Waals surface area contributed by atoms with Crippen molar-refractivity contribution < 1.29 is 19.8 Å². The van der Waals surface area contributed by atoms with Crippen LogP contribution >= 0.6 is 0 Å². The van der Waals surface area contributed by atoms with Crippen LogP contribution in [0.2, 0.25) is 0 Å². The molecule has 3 N–H and O–H groups in total. The SMILES string of the molecule is CC1C=CC(O)=CC1[C@]12CC3CN(C)[C@H]3[C@]1(O)CC[C@]1(C2)C(=O)NC(=O)N1CC1CC1. The van der Waals surface area contributed by atoms with Gasteiger partial charge in [0.1, 0.15) is 11.3 Å². The maximum atomic E-state index is 13.3. The first-order valence-corrected chi connectivity index (χ1v) is 11.8. The number of carbonyl (C=O) groups excluding carboxylic acids is 2. The third-order valence-electron chi connectivity index (χ3n) is 9.62. The molecule has 7 atom stereocenters. The predicted molar refractivity (Wildman–Crippen MR) is 114 cm³/mol. The molecule has 31 heavy (non-hydrogen) atoms. The highest BCUT2D eigenvalue weighted by Crippen LogP contribution is 2.68. The number of fused-ring (bicyclic) bond motifs is 3. The molecule has 168 valence electrons. The van der Waals surface area contributed by atoms with Crippen molar-refractivity contribution >= 4 is 11.9 Å². The number of carbonyl (C=O) groups is 2. The van der Waals surface area contributed by atoms with Crippen LogP contribution in [0.4, 0.5) is 4.79 Å². The minimum Gasteiger partial charge on any atom is -0.508 e. The van der Waals surface area contributed by atoms with Crippen LogP contribution in [0.25, 0.3) is 0 Å². The number of likely N-dealkylation sites (tertiary alicyclic amines) is 1. The van der Waals surface area contributed by atoms with Crippen molar-refractivity contribution in [3.05, 3.63) is 24.0 Å². The topological polar surface area (TPSA) is 93.1 Å². The summed E-state index contributed by atoms with van der Waals surface area (Å²) < 4.78 is 0. The lowest BCUT2D eigenvalue weighted by Crippen LogP contribution is -2.70. The minimum atomic E-state index is -0.937. The van der Waals surface area contributed by atoms with Crippen LogP contribution in [0.15, 0.2) is 24.0 Å². The maximum absolute atomic E-state index is 13.3. The molecule has 0 aromatic rings. The summed E-state index contributed by atoms with van der Waals surface area (Å²) >= 11 is 0. The highest BCUT2D eigenvalue weighted by molar-refractivity contribution is 6.07. The van der Waals surface area contributed by atoms with Gasteiger partial charge in [0.25, 0.3) is 5.91 Å². The number of urea groups is 1. The fourth-order valence-electron chi connectivity index (χ4n) is 8.11. The van der Waals surface area contributed by atoms with E-state index in [0.29, 0.717) is 37.6 Å². The average molecular weight is 428 g/mol. The predicted octanol–water partition coefficient (Wildman–Crippen LogP) is 2.19. The van der Waals surface area contributed by atoms with Crippen LogP contribution < -0.4 is 5.32 Å². The molecule has 2 saturated heterocycles. The fraction of sp³-hybridized carbons (Fsp3) is 0.750. The van der Waals surface area contributed by atoms with Crippen molar-refractivity contribution in [2.24, 2.45) is 29.1 Å². The molecule has 6 aliphatic rings. The van der Waals surface area contributed by atoms with Crippen LogP contribution in [-0.4, -0.2) is 69.3 Å². The van der Waals surface area contributed by atoms with E-state index in [0.717, 1.165) is 25.8 Å². The van der Waals surface area contributed by atoms with E-state index in [1.807, 2.05) is 17.1 Å². The van der Waals surface area contributed by atoms with Gasteiger partial charge in [-0.3, -0.25) is 15.0 Å². The summed E-state index contributed by atoms with van der Waals surface area (Å²) in [5, 5.41) is 25.4. The average Bonchev–Trinajstić information content (AvgIpc) is 3.46. The Morgan fingerprint density at radius 1 is 1.26 bits per heavy atom. The molecule has 6 rings (SSSR count). The minimum absolute atomic E-state index is 0.0787. The number of imide groups is 1. The van der Waals surface area contributed by atoms with Gasteiger partial charge in [0.05, 0.1) is 5.60 Å². The van der Waals surface area contributed by atoms with Crippen LogP contribution in [0.3, 0.4) is 0 Å². The molecule has 3 saturated carbocycles. The van der Waals surface area contributed by atoms with Crippen LogP contribution in [0, 0.1) is 29.1 Å². The lowest BCUT2D eigenvalue weighted by Gasteiger charge is -2.60. The first kappa shape index (κ1) is 19.8. The van der Waals surface area contributed by atoms with Gasteiger partial charge >= 0.3 is 6.03 Å². The van der Waals surface area contributed by atoms with E-state index < -0.39 is 16.6 Å². The zero-order valence-corrected chi connectivity index (χ0v) is 18.4. The summed E-state index contributed by atoms with van der Waals surface area (Å²) in [5.41, 5.74) is -2.39. The van der Waals surface area contributed by atoms with E-state index in [9.17, 15) is 19.8 Å². The van der Waals surface area contributed by atoms with Crippen molar-refractivity contribution in [2.45, 2.75) is 62.6 Å². The zero-order chi connectivity index (χ0) is 21.8. The van der Waals surface area contributed by atoms with Gasteiger partial charge in [-0.2, -0.15) is 0 Å². The first-order chi connectivity index (χ1) is 14.7. The van der Waals surface area contributed by atoms with E-state index >= 15 is 0 Å². The smallest absolute Gasteiger partial charge is 0.325 e. The highest BCUT2D eigenvalue weighted by atomic mass is 16.3. The zero-order valence-electron chi connectivity index (χ0n) is 18.4. The number of allylic oxidation sites excluding steroid dienone is 3. The number of hydrogen-bond donors (Lipinski definition) is 3. The van der Waals surface area contributed by atoms with Gasteiger partial charge in [0.15, 0.2) is 0 Å². The molecule has 2 heterocycles. The quantitative estimate of drug-likeness (QED) is 0.601. The second kappa shape index (κ2) is 6.13. The summed E-state index contributed by atoms with van der Waals surface area (Å²) in [6.07, 6.45) is 10.2. The summed E-state index contributed by atoms with van der Waals surface area (Å²) in [7, 11) is 2.07. The van der Waals surface area contributed by atoms with Crippen molar-refractivity contribution in [1.29, 1.82) is 0 Å². The van der Waals surface area contributed by atoms with E-state index in [2.05, 4.69) is 24.2 Å². The molecule has 0 aromatic heterocycles. The Morgan fingerprint density at radius 3 is 2.74 bits per heavy atom. The molecule has 5 fully saturated rings. The number of nitrogens with zero attached hydrogens (tertiary/aromatic N) is 2. The molecule has 1 spiro atoms. The monoisotopic (exact) mass is 427 g/mol. The van der Waals surface area contributed by atoms with E-state index in [-0.39, 0.29) is 35.6 Å². The molecule has 0 radical (unpaired) electrons. The second-order valence-electron chi connectivity index (χ2n) is 11.3. The van der Waals surface area contributed by atoms with Crippen molar-refractivity contribution in [1.82, 2.24) is 15.1 Å². The van der Waals surface area contributed by atoms with Gasteiger partial charge in [-0.05, 0) is 81.4 Å². The number of amides is 3. The summed E-state index contributed by atoms with van der Waals surface area (Å²) in [6, 6.07) is -0.193. The number of nitrogens with one attached hydrogen (secondary N) is 1. The Balaban J connectivity index is 1.47. The van der Waals surface area contributed by atoms with E-state index in [1.54, 1.807) is 6.08 Å². The Kier molecular flexibility index (Phi) is 3.92. The third kappa shape index (κ3) is 2.42. The van der Waals surface area contributed by atoms with Gasteiger partial charge < -0.3 is 15.1 Å². The molecular weight excluding hydrogens is 394 g/mol. The first-order valence-electron chi connectivity index (χ1n) is 11.8. The molecule has 7 heteroatoms. The van der Waals surface area contributed by atoms with Crippen LogP contribution in [0.5, 0.6) is 0 Å². The normalized spacial score (nSPS) is 49.0. The molecular formula is C24H33N3O4. The van der Waals surface area contributed by atoms with Gasteiger partial charge in [-0.25, -0.2) is 4.79 Å². The Labute approximate surface area is 183 Å². The second-order valence-corrected chi connectivity index (χ2v) is 11.3. The summed E-state index contributed by atoms with van der Waals surface area (Å²) in [5.74, 6) is 0.961. The van der Waals surface area contributed by atoms with Crippen molar-refractivity contribution in [3.63, 3.8) is 0 Å². The fourth-order valence-corrected chi connectivity index (χ4v) is 8.11. The number of aliphatic hydroxyl groups excluding tert-OH is 1. The standard InChI is InChI=1S/C24H33N3O4/c1-14-3-6-17(28)9-18(14)22-10-16-12-26(2)19(16)24(22,31)8-7-23(13-22)20(29)25-21(30)27(23)11-15-4-5-15/h3,6,9,14-16,18-19,28,31H,4-5,7-8,10-13H2,1-2H3,(H,25,29,30)/t14?,16?,18?,19-,22-,23+,24-/m1/s1. The van der Waals surface area contributed by atoms with Gasteiger partial charge in [0.2, 0.25) is 0 Å². The maximum Gasteiger partial charge on any atom is 0.325 e. The molecule has 2 aliphatic heterocycles. The molecule has 3 amide bonds. The Bertz CT molecular complexity index is 913. The molecule has 4 aliphatic carbocycles. The largest absolute Gasteiger partial charge is 0.508 e. The molecule has 0 aromatic carbocycles. The lowest BCUT2D eigenvalue weighted by atomic mass is 9.51. The molecule has 0 bridgehead atoms. The van der Waals surface area contributed by atoms with E-state index in [1.165, 1.54) is 0 Å². The van der Waals surface area contributed by atoms with Gasteiger partial charge in [-0.1, -0.05) is 13.0 Å². The van der Waals surface area contributed by atoms with E-state index in [4.69, 9.17) is 0 Å². The van der Waals surface area contributed by atoms with Crippen LogP contribution in [-0.2, 0) is 4.79 Å². The molecule has 7 nitrogen and oxygen atoms in total. The lowest BCUT2D eigenvalue weighted by molar-refractivity contribution is -0.186. The number of aliphatic hydroxyl groups is 2. The number of likely N-dealkylation sites (N-methyl/N-ethyl adjacent to an activating group) is 1. The summed E-state index contributed by atoms with van der Waals surface area (Å²) in [6.45, 7) is 3.71. The highest BCUT2D eigenvalue weighted by Gasteiger charge is 2.75. The van der Waals surface area contributed by atoms with Crippen LogP contribution in [0.1, 0.15) is 45.4 Å². The third-order valence-corrected chi connectivity index (χ3v) is 9.62. The Morgan fingerprint density at radius 2 is 2.03 bits per heavy atom. The van der Waals surface area contributed by atoms with Crippen molar-refractivity contribution in [2.75, 3.05) is 20.1 Å². The van der Waals surface area contributed by atoms with Gasteiger partial charge in [-0.15, -0.1) is 0 Å². The molecule has 3 unspecified atom stereocenters. The Hall–Kier alpha value is -1.86. The number of hydrogen-bond acceptors (Lipinski definition) is 5. The van der Waals surface area contributed by atoms with Crippen molar-refractivity contribution in [3.8, 4) is 0 Å². The summed E-state index contributed by atoms with van der Waals surface area (Å²) in [4.78, 5) is 30.2. The number of rotatable bonds is 3. The van der Waals surface area contributed by atoms with Gasteiger partial charge in [0, 0.05) is 24.5 Å².